The Balaban J connectivity index is 2.30. The van der Waals surface area contributed by atoms with Crippen LogP contribution in [0.1, 0.15) is 38.5 Å². The van der Waals surface area contributed by atoms with Crippen LogP contribution in [-0.4, -0.2) is 24.5 Å². The Bertz CT molecular complexity index is 115. The fourth-order valence-corrected chi connectivity index (χ4v) is 3.99. The molecule has 0 atom stereocenters. The summed E-state index contributed by atoms with van der Waals surface area (Å²) in [5.74, 6) is 2.59. The van der Waals surface area contributed by atoms with Gasteiger partial charge >= 0.3 is 0 Å². The summed E-state index contributed by atoms with van der Waals surface area (Å²) in [7, 11) is -0.240. The highest BCUT2D eigenvalue weighted by Crippen LogP contribution is 2.40. The minimum atomic E-state index is -0.240. The van der Waals surface area contributed by atoms with Crippen LogP contribution in [0.3, 0.4) is 0 Å². The highest BCUT2D eigenvalue weighted by molar-refractivity contribution is 8.32. The minimum absolute atomic E-state index is 0.240. The Hall–Kier alpha value is 0.350. The van der Waals surface area contributed by atoms with Gasteiger partial charge in [-0.25, -0.2) is 10.0 Å². The van der Waals surface area contributed by atoms with Crippen LogP contribution in [0, 0.1) is 5.92 Å². The summed E-state index contributed by atoms with van der Waals surface area (Å²) in [6.07, 6.45) is 16.4. The van der Waals surface area contributed by atoms with Gasteiger partial charge in [0.05, 0.1) is 0 Å². The molecule has 1 fully saturated rings. The molecule has 0 aromatic carbocycles. The maximum Gasteiger partial charge on any atom is -0.0207 e. The van der Waals surface area contributed by atoms with E-state index in [2.05, 4.69) is 18.8 Å². The van der Waals surface area contributed by atoms with Gasteiger partial charge in [-0.1, -0.05) is 25.7 Å². The second-order valence-electron chi connectivity index (χ2n) is 5.12. The molecule has 0 bridgehead atoms. The molecule has 0 aliphatic heterocycles. The van der Waals surface area contributed by atoms with E-state index in [4.69, 9.17) is 0 Å². The zero-order valence-corrected chi connectivity index (χ0v) is 9.75. The van der Waals surface area contributed by atoms with Crippen molar-refractivity contribution < 1.29 is 0 Å². The van der Waals surface area contributed by atoms with Crippen molar-refractivity contribution in [2.75, 3.05) is 24.5 Å². The highest BCUT2D eigenvalue weighted by atomic mass is 32.3. The molecule has 1 aliphatic rings. The molecule has 12 heavy (non-hydrogen) atoms. The predicted molar refractivity (Wildman–Crippen MR) is 61.4 cm³/mol. The zero-order valence-electron chi connectivity index (χ0n) is 8.94. The molecule has 0 spiro atoms. The van der Waals surface area contributed by atoms with Gasteiger partial charge < -0.3 is 0 Å². The Morgan fingerprint density at radius 3 is 1.83 bits per heavy atom. The van der Waals surface area contributed by atoms with Crippen molar-refractivity contribution in [1.82, 2.24) is 0 Å². The van der Waals surface area contributed by atoms with Crippen LogP contribution >= 0.6 is 10.0 Å². The maximum absolute atomic E-state index is 2.46. The molecule has 0 aromatic rings. The van der Waals surface area contributed by atoms with E-state index in [-0.39, 0.29) is 10.0 Å². The summed E-state index contributed by atoms with van der Waals surface area (Å²) in [4.78, 5) is 0. The van der Waals surface area contributed by atoms with Gasteiger partial charge in [0, 0.05) is 0 Å². The van der Waals surface area contributed by atoms with Crippen LogP contribution in [0.25, 0.3) is 0 Å². The molecule has 1 heteroatoms. The normalized spacial score (nSPS) is 23.6. The van der Waals surface area contributed by atoms with E-state index in [1.165, 1.54) is 44.3 Å². The van der Waals surface area contributed by atoms with Crippen molar-refractivity contribution >= 4 is 10.0 Å². The molecular weight excluding hydrogens is 164 g/mol. The molecule has 1 aliphatic carbocycles. The van der Waals surface area contributed by atoms with Crippen LogP contribution in [-0.2, 0) is 0 Å². The van der Waals surface area contributed by atoms with Crippen molar-refractivity contribution in [2.24, 2.45) is 5.92 Å². The molecule has 1 saturated carbocycles. The number of hydrogen-bond acceptors (Lipinski definition) is 0. The van der Waals surface area contributed by atoms with E-state index in [0.717, 1.165) is 5.92 Å². The SMILES string of the molecule is CS(C)(C)CC1CCCCCC1. The lowest BCUT2D eigenvalue weighted by atomic mass is 10.0. The third kappa shape index (κ3) is 4.39. The summed E-state index contributed by atoms with van der Waals surface area (Å²) in [5.41, 5.74) is 0. The van der Waals surface area contributed by atoms with Crippen molar-refractivity contribution in [3.8, 4) is 0 Å². The fourth-order valence-electron chi connectivity index (χ4n) is 2.24. The first-order valence-electron chi connectivity index (χ1n) is 5.24. The fraction of sp³-hybridized carbons (Fsp3) is 1.00. The van der Waals surface area contributed by atoms with Crippen LogP contribution in [0.5, 0.6) is 0 Å². The molecule has 0 nitrogen and oxygen atoms in total. The van der Waals surface area contributed by atoms with Crippen LogP contribution < -0.4 is 0 Å². The average Bonchev–Trinajstić information content (AvgIpc) is 2.12. The molecule has 0 unspecified atom stereocenters. The molecule has 1 rings (SSSR count). The minimum Gasteiger partial charge on any atom is -0.249 e. The van der Waals surface area contributed by atoms with Crippen molar-refractivity contribution in [3.63, 3.8) is 0 Å². The topological polar surface area (TPSA) is 0 Å². The summed E-state index contributed by atoms with van der Waals surface area (Å²) in [6.45, 7) is 0. The first-order chi connectivity index (χ1) is 5.58. The smallest absolute Gasteiger partial charge is 0.0207 e. The molecule has 0 heterocycles. The summed E-state index contributed by atoms with van der Waals surface area (Å²) < 4.78 is 0. The van der Waals surface area contributed by atoms with Crippen LogP contribution in [0.15, 0.2) is 0 Å². The van der Waals surface area contributed by atoms with Gasteiger partial charge in [-0.15, -0.1) is 0 Å². The largest absolute Gasteiger partial charge is 0.249 e. The lowest BCUT2D eigenvalue weighted by Gasteiger charge is -2.30. The van der Waals surface area contributed by atoms with E-state index in [1.54, 1.807) is 0 Å². The Kier molecular flexibility index (Phi) is 3.95. The molecule has 0 amide bonds. The third-order valence-corrected chi connectivity index (χ3v) is 4.18. The monoisotopic (exact) mass is 188 g/mol. The van der Waals surface area contributed by atoms with E-state index in [1.807, 2.05) is 0 Å². The molecule has 0 radical (unpaired) electrons. The van der Waals surface area contributed by atoms with E-state index in [9.17, 15) is 0 Å². The Morgan fingerprint density at radius 2 is 1.42 bits per heavy atom. The van der Waals surface area contributed by atoms with Gasteiger partial charge in [-0.05, 0) is 43.3 Å². The lowest BCUT2D eigenvalue weighted by molar-refractivity contribution is 0.511. The van der Waals surface area contributed by atoms with E-state index >= 15 is 0 Å². The lowest BCUT2D eigenvalue weighted by Crippen LogP contribution is -2.10. The third-order valence-electron chi connectivity index (χ3n) is 2.71. The van der Waals surface area contributed by atoms with Gasteiger partial charge in [0.25, 0.3) is 0 Å². The van der Waals surface area contributed by atoms with E-state index < -0.39 is 0 Å². The first-order valence-corrected chi connectivity index (χ1v) is 8.27. The summed E-state index contributed by atoms with van der Waals surface area (Å²) in [6, 6.07) is 0. The van der Waals surface area contributed by atoms with Crippen molar-refractivity contribution in [2.45, 2.75) is 38.5 Å². The summed E-state index contributed by atoms with van der Waals surface area (Å²) >= 11 is 0. The highest BCUT2D eigenvalue weighted by Gasteiger charge is 2.16. The van der Waals surface area contributed by atoms with Crippen LogP contribution in [0.2, 0.25) is 0 Å². The molecular formula is C11H24S. The van der Waals surface area contributed by atoms with Crippen molar-refractivity contribution in [1.29, 1.82) is 0 Å². The van der Waals surface area contributed by atoms with Crippen molar-refractivity contribution in [3.05, 3.63) is 0 Å². The predicted octanol–water partition coefficient (Wildman–Crippen LogP) is 3.65. The van der Waals surface area contributed by atoms with Gasteiger partial charge in [0.15, 0.2) is 0 Å². The van der Waals surface area contributed by atoms with Gasteiger partial charge in [-0.2, -0.15) is 0 Å². The van der Waals surface area contributed by atoms with Crippen LogP contribution in [0.4, 0.5) is 0 Å². The number of hydrogen-bond donors (Lipinski definition) is 0. The quantitative estimate of drug-likeness (QED) is 0.580. The molecule has 0 aromatic heterocycles. The molecule has 74 valence electrons. The average molecular weight is 188 g/mol. The van der Waals surface area contributed by atoms with Gasteiger partial charge in [0.1, 0.15) is 0 Å². The van der Waals surface area contributed by atoms with Gasteiger partial charge in [-0.3, -0.25) is 0 Å². The standard InChI is InChI=1S/C11H24S/c1-12(2,3)10-11-8-6-4-5-7-9-11/h11H,4-10H2,1-3H3. The summed E-state index contributed by atoms with van der Waals surface area (Å²) in [5, 5.41) is 0. The Morgan fingerprint density at radius 1 is 0.917 bits per heavy atom. The molecule has 0 N–H and O–H groups in total. The van der Waals surface area contributed by atoms with E-state index in [0.29, 0.717) is 0 Å². The molecule has 0 saturated heterocycles. The second-order valence-corrected chi connectivity index (χ2v) is 9.63. The number of rotatable bonds is 2. The maximum atomic E-state index is 2.46. The second kappa shape index (κ2) is 4.55. The Labute approximate surface area is 79.4 Å². The first kappa shape index (κ1) is 10.4. The zero-order chi connectivity index (χ0) is 9.03. The van der Waals surface area contributed by atoms with Gasteiger partial charge in [0.2, 0.25) is 0 Å².